The molecule has 6 heteroatoms. The van der Waals surface area contributed by atoms with Crippen molar-refractivity contribution in [1.82, 2.24) is 0 Å². The van der Waals surface area contributed by atoms with Crippen LogP contribution in [0.3, 0.4) is 0 Å². The zero-order valence-electron chi connectivity index (χ0n) is 11.1. The molecular weight excluding hydrogens is 263 g/mol. The molecule has 5 nitrogen and oxygen atoms in total. The molecule has 106 valence electrons. The van der Waals surface area contributed by atoms with E-state index in [4.69, 9.17) is 0 Å². The third-order valence-electron chi connectivity index (χ3n) is 3.80. The topological polar surface area (TPSA) is 69.6 Å². The number of ketones is 1. The molecule has 0 aliphatic carbocycles. The number of aliphatic hydroxyl groups is 1. The van der Waals surface area contributed by atoms with Gasteiger partial charge in [0.15, 0.2) is 0 Å². The number of benzene rings is 1. The number of nitrogens with zero attached hydrogens (tertiary/aromatic N) is 1. The molecule has 1 amide bonds. The summed E-state index contributed by atoms with van der Waals surface area (Å²) in [5.41, 5.74) is -0.150. The van der Waals surface area contributed by atoms with Crippen molar-refractivity contribution in [1.29, 1.82) is 0 Å². The van der Waals surface area contributed by atoms with E-state index in [0.29, 0.717) is 30.9 Å². The fraction of sp³-hybridized carbons (Fsp3) is 0.429. The Balaban J connectivity index is 1.98. The zero-order chi connectivity index (χ0) is 14.5. The van der Waals surface area contributed by atoms with Crippen LogP contribution in [0.25, 0.3) is 0 Å². The van der Waals surface area contributed by atoms with Gasteiger partial charge in [-0.1, -0.05) is 0 Å². The number of amides is 1. The van der Waals surface area contributed by atoms with Crippen molar-refractivity contribution in [3.63, 3.8) is 0 Å². The molecule has 3 rings (SSSR count). The van der Waals surface area contributed by atoms with Gasteiger partial charge in [-0.05, 0) is 31.9 Å². The second kappa shape index (κ2) is 4.28. The van der Waals surface area contributed by atoms with Crippen LogP contribution >= 0.6 is 0 Å². The van der Waals surface area contributed by atoms with Crippen LogP contribution in [0.1, 0.15) is 30.1 Å². The molecule has 0 radical (unpaired) electrons. The van der Waals surface area contributed by atoms with Gasteiger partial charge in [0.2, 0.25) is 0 Å². The van der Waals surface area contributed by atoms with Gasteiger partial charge in [0, 0.05) is 13.1 Å². The Bertz CT molecular complexity index is 613. The van der Waals surface area contributed by atoms with Crippen molar-refractivity contribution in [2.24, 2.45) is 0 Å². The number of β-amino-alcohol motifs (C(OH)–C–C–N with tert-alkyl or cyclic N) is 1. The highest BCUT2D eigenvalue weighted by molar-refractivity contribution is 6.51. The minimum atomic E-state index is -0.858. The SMILES string of the molecule is CC1(O)CCCN(c2cc3c(cc2F)C(=O)C(=O)N3)C1. The summed E-state index contributed by atoms with van der Waals surface area (Å²) >= 11 is 0. The molecule has 1 atom stereocenters. The Hall–Kier alpha value is -1.95. The molecule has 1 aromatic carbocycles. The Morgan fingerprint density at radius 3 is 2.85 bits per heavy atom. The summed E-state index contributed by atoms with van der Waals surface area (Å²) in [7, 11) is 0. The molecule has 2 aliphatic rings. The maximum absolute atomic E-state index is 14.2. The number of rotatable bonds is 1. The monoisotopic (exact) mass is 278 g/mol. The number of carbonyl (C=O) groups is 2. The number of hydrogen-bond donors (Lipinski definition) is 2. The van der Waals surface area contributed by atoms with Crippen LogP contribution in [0.2, 0.25) is 0 Å². The molecule has 20 heavy (non-hydrogen) atoms. The van der Waals surface area contributed by atoms with Gasteiger partial charge in [-0.15, -0.1) is 0 Å². The third kappa shape index (κ3) is 2.06. The first-order chi connectivity index (χ1) is 9.37. The highest BCUT2D eigenvalue weighted by atomic mass is 19.1. The van der Waals surface area contributed by atoms with Gasteiger partial charge < -0.3 is 15.3 Å². The Labute approximate surface area is 115 Å². The normalized spacial score (nSPS) is 25.6. The van der Waals surface area contributed by atoms with Gasteiger partial charge in [-0.25, -0.2) is 4.39 Å². The first kappa shape index (κ1) is 13.1. The van der Waals surface area contributed by atoms with Gasteiger partial charge in [0.1, 0.15) is 5.82 Å². The lowest BCUT2D eigenvalue weighted by Crippen LogP contribution is -2.46. The summed E-state index contributed by atoms with van der Waals surface area (Å²) in [6.07, 6.45) is 1.43. The fourth-order valence-electron chi connectivity index (χ4n) is 2.82. The summed E-state index contributed by atoms with van der Waals surface area (Å²) < 4.78 is 14.2. The molecule has 1 saturated heterocycles. The number of halogens is 1. The van der Waals surface area contributed by atoms with E-state index in [1.54, 1.807) is 11.8 Å². The van der Waals surface area contributed by atoms with Crippen molar-refractivity contribution in [3.05, 3.63) is 23.5 Å². The quantitative estimate of drug-likeness (QED) is 0.760. The maximum Gasteiger partial charge on any atom is 0.296 e. The first-order valence-corrected chi connectivity index (χ1v) is 6.54. The van der Waals surface area contributed by atoms with E-state index in [1.807, 2.05) is 0 Å². The van der Waals surface area contributed by atoms with Crippen molar-refractivity contribution in [2.75, 3.05) is 23.3 Å². The predicted octanol–water partition coefficient (Wildman–Crippen LogP) is 1.31. The van der Waals surface area contributed by atoms with Crippen LogP contribution in [0.15, 0.2) is 12.1 Å². The number of anilines is 2. The van der Waals surface area contributed by atoms with E-state index in [-0.39, 0.29) is 5.56 Å². The van der Waals surface area contributed by atoms with E-state index in [9.17, 15) is 19.1 Å². The predicted molar refractivity (Wildman–Crippen MR) is 71.4 cm³/mol. The minimum Gasteiger partial charge on any atom is -0.388 e. The van der Waals surface area contributed by atoms with Gasteiger partial charge >= 0.3 is 0 Å². The number of Topliss-reactive ketones (excluding diaryl/α,β-unsaturated/α-hetero) is 1. The average molecular weight is 278 g/mol. The molecule has 2 heterocycles. The summed E-state index contributed by atoms with van der Waals surface area (Å²) in [5, 5.41) is 12.5. The van der Waals surface area contributed by atoms with Gasteiger partial charge in [0.25, 0.3) is 11.7 Å². The van der Waals surface area contributed by atoms with Gasteiger partial charge in [-0.3, -0.25) is 9.59 Å². The third-order valence-corrected chi connectivity index (χ3v) is 3.80. The Morgan fingerprint density at radius 2 is 2.15 bits per heavy atom. The number of fused-ring (bicyclic) bond motifs is 1. The maximum atomic E-state index is 14.2. The summed E-state index contributed by atoms with van der Waals surface area (Å²) in [6, 6.07) is 2.56. The second-order valence-electron chi connectivity index (χ2n) is 5.65. The molecule has 0 saturated carbocycles. The first-order valence-electron chi connectivity index (χ1n) is 6.54. The van der Waals surface area contributed by atoms with Crippen LogP contribution in [0, 0.1) is 5.82 Å². The number of hydrogen-bond acceptors (Lipinski definition) is 4. The van der Waals surface area contributed by atoms with Gasteiger partial charge in [0.05, 0.1) is 22.5 Å². The highest BCUT2D eigenvalue weighted by Gasteiger charge is 2.33. The zero-order valence-corrected chi connectivity index (χ0v) is 11.1. The largest absolute Gasteiger partial charge is 0.388 e. The summed E-state index contributed by atoms with van der Waals surface area (Å²) in [4.78, 5) is 24.5. The van der Waals surface area contributed by atoms with E-state index < -0.39 is 23.1 Å². The molecule has 0 spiro atoms. The van der Waals surface area contributed by atoms with E-state index in [1.165, 1.54) is 6.07 Å². The van der Waals surface area contributed by atoms with Crippen molar-refractivity contribution < 1.29 is 19.1 Å². The van der Waals surface area contributed by atoms with Gasteiger partial charge in [-0.2, -0.15) is 0 Å². The fourth-order valence-corrected chi connectivity index (χ4v) is 2.82. The van der Waals surface area contributed by atoms with Crippen LogP contribution in [0.5, 0.6) is 0 Å². The number of carbonyl (C=O) groups excluding carboxylic acids is 2. The van der Waals surface area contributed by atoms with Crippen LogP contribution in [-0.4, -0.2) is 35.5 Å². The van der Waals surface area contributed by atoms with Crippen molar-refractivity contribution >= 4 is 23.1 Å². The molecular formula is C14H15FN2O3. The molecule has 0 bridgehead atoms. The lowest BCUT2D eigenvalue weighted by atomic mass is 9.94. The molecule has 1 fully saturated rings. The standard InChI is InChI=1S/C14H15FN2O3/c1-14(20)3-2-4-17(7-14)11-6-10-8(5-9(11)15)12(18)13(19)16-10/h5-6,20H,2-4,7H2,1H3,(H,16,18,19). The molecule has 2 N–H and O–H groups in total. The van der Waals surface area contributed by atoms with E-state index >= 15 is 0 Å². The van der Waals surface area contributed by atoms with Crippen LogP contribution in [0.4, 0.5) is 15.8 Å². The lowest BCUT2D eigenvalue weighted by molar-refractivity contribution is -0.112. The van der Waals surface area contributed by atoms with Crippen molar-refractivity contribution in [2.45, 2.75) is 25.4 Å². The molecule has 1 unspecified atom stereocenters. The Morgan fingerprint density at radius 1 is 1.40 bits per heavy atom. The smallest absolute Gasteiger partial charge is 0.296 e. The van der Waals surface area contributed by atoms with Crippen LogP contribution < -0.4 is 10.2 Å². The molecule has 2 aliphatic heterocycles. The summed E-state index contributed by atoms with van der Waals surface area (Å²) in [5.74, 6) is -2.00. The average Bonchev–Trinajstić information content (AvgIpc) is 2.63. The number of piperidine rings is 1. The van der Waals surface area contributed by atoms with Crippen LogP contribution in [-0.2, 0) is 4.79 Å². The van der Waals surface area contributed by atoms with E-state index in [2.05, 4.69) is 5.32 Å². The Kier molecular flexibility index (Phi) is 2.79. The summed E-state index contributed by atoms with van der Waals surface area (Å²) in [6.45, 7) is 2.67. The second-order valence-corrected chi connectivity index (χ2v) is 5.65. The van der Waals surface area contributed by atoms with E-state index in [0.717, 1.165) is 12.5 Å². The van der Waals surface area contributed by atoms with Crippen molar-refractivity contribution in [3.8, 4) is 0 Å². The lowest BCUT2D eigenvalue weighted by Gasteiger charge is -2.38. The number of nitrogens with one attached hydrogen (secondary N) is 1. The highest BCUT2D eigenvalue weighted by Crippen LogP contribution is 2.33. The minimum absolute atomic E-state index is 0.0695. The molecule has 1 aromatic rings. The molecule has 0 aromatic heterocycles.